The van der Waals surface area contributed by atoms with E-state index in [1.165, 1.54) is 0 Å². The average Bonchev–Trinajstić information content (AvgIpc) is 2.95. The van der Waals surface area contributed by atoms with Gasteiger partial charge in [-0.2, -0.15) is 0 Å². The van der Waals surface area contributed by atoms with Crippen molar-refractivity contribution in [3.8, 4) is 0 Å². The van der Waals surface area contributed by atoms with Crippen LogP contribution in [0, 0.1) is 13.8 Å². The Kier molecular flexibility index (Phi) is 4.52. The van der Waals surface area contributed by atoms with Crippen LogP contribution in [0.2, 0.25) is 5.15 Å². The van der Waals surface area contributed by atoms with Gasteiger partial charge in [0.2, 0.25) is 0 Å². The largest absolute Gasteiger partial charge is 0.420 e. The number of nitrogens with zero attached hydrogens (tertiary/aromatic N) is 3. The molecule has 7 heteroatoms. The van der Waals surface area contributed by atoms with Crippen molar-refractivity contribution in [2.75, 3.05) is 13.1 Å². The minimum Gasteiger partial charge on any atom is -0.408 e. The molecule has 0 spiro atoms. The summed E-state index contributed by atoms with van der Waals surface area (Å²) in [6, 6.07) is 9.10. The van der Waals surface area contributed by atoms with Gasteiger partial charge in [0.05, 0.1) is 5.52 Å². The normalized spacial score (nSPS) is 15.4. The maximum Gasteiger partial charge on any atom is 0.420 e. The van der Waals surface area contributed by atoms with E-state index in [1.54, 1.807) is 21.6 Å². The third-order valence-corrected chi connectivity index (χ3v) is 5.25. The summed E-state index contributed by atoms with van der Waals surface area (Å²) in [6.07, 6.45) is 1.40. The molecule has 3 heterocycles. The van der Waals surface area contributed by atoms with E-state index in [-0.39, 0.29) is 17.7 Å². The molecule has 1 aliphatic heterocycles. The highest BCUT2D eigenvalue weighted by molar-refractivity contribution is 6.29. The van der Waals surface area contributed by atoms with Gasteiger partial charge in [0, 0.05) is 30.4 Å². The zero-order chi connectivity index (χ0) is 19.1. The number of oxazole rings is 1. The van der Waals surface area contributed by atoms with Gasteiger partial charge >= 0.3 is 5.76 Å². The van der Waals surface area contributed by atoms with E-state index >= 15 is 0 Å². The third-order valence-electron chi connectivity index (χ3n) is 5.05. The lowest BCUT2D eigenvalue weighted by molar-refractivity contribution is 0.0693. The molecule has 0 radical (unpaired) electrons. The summed E-state index contributed by atoms with van der Waals surface area (Å²) in [5.41, 5.74) is 3.77. The maximum absolute atomic E-state index is 12.8. The van der Waals surface area contributed by atoms with Crippen LogP contribution in [-0.2, 0) is 0 Å². The quantitative estimate of drug-likeness (QED) is 0.630. The molecule has 1 saturated heterocycles. The second kappa shape index (κ2) is 6.85. The Hall–Kier alpha value is -2.60. The molecule has 0 saturated carbocycles. The number of piperidine rings is 1. The van der Waals surface area contributed by atoms with Crippen LogP contribution in [0.25, 0.3) is 11.1 Å². The number of fused-ring (bicyclic) bond motifs is 1. The summed E-state index contributed by atoms with van der Waals surface area (Å²) < 4.78 is 7.12. The molecular formula is C20H20ClN3O3. The monoisotopic (exact) mass is 385 g/mol. The van der Waals surface area contributed by atoms with Gasteiger partial charge in [-0.15, -0.1) is 0 Å². The molecule has 0 bridgehead atoms. The molecule has 140 valence electrons. The molecule has 1 fully saturated rings. The van der Waals surface area contributed by atoms with Gasteiger partial charge in [-0.05, 0) is 56.5 Å². The summed E-state index contributed by atoms with van der Waals surface area (Å²) in [4.78, 5) is 31.0. The van der Waals surface area contributed by atoms with Crippen LogP contribution < -0.4 is 5.76 Å². The van der Waals surface area contributed by atoms with Crippen molar-refractivity contribution >= 4 is 28.6 Å². The van der Waals surface area contributed by atoms with Crippen molar-refractivity contribution in [3.05, 3.63) is 62.9 Å². The molecule has 1 amide bonds. The van der Waals surface area contributed by atoms with Crippen LogP contribution in [0.3, 0.4) is 0 Å². The van der Waals surface area contributed by atoms with Crippen LogP contribution in [0.4, 0.5) is 0 Å². The topological polar surface area (TPSA) is 68.3 Å². The standard InChI is InChI=1S/C20H20ClN3O3/c1-12-3-4-17-16(9-12)24(20(26)27-17)15-5-7-23(8-6-15)19(25)14-10-13(2)22-18(21)11-14/h3-4,9-11,15H,5-8H2,1-2H3. The number of amides is 1. The number of rotatable bonds is 2. The number of hydrogen-bond donors (Lipinski definition) is 0. The predicted octanol–water partition coefficient (Wildman–Crippen LogP) is 3.74. The Morgan fingerprint density at radius 3 is 2.63 bits per heavy atom. The van der Waals surface area contributed by atoms with Crippen molar-refractivity contribution in [3.63, 3.8) is 0 Å². The number of likely N-dealkylation sites (tertiary alicyclic amines) is 1. The van der Waals surface area contributed by atoms with E-state index in [4.69, 9.17) is 16.0 Å². The average molecular weight is 386 g/mol. The Morgan fingerprint density at radius 2 is 1.93 bits per heavy atom. The highest BCUT2D eigenvalue weighted by Gasteiger charge is 2.27. The first-order valence-electron chi connectivity index (χ1n) is 8.97. The molecule has 6 nitrogen and oxygen atoms in total. The summed E-state index contributed by atoms with van der Waals surface area (Å²) in [5.74, 6) is -0.391. The number of pyridine rings is 1. The molecule has 0 N–H and O–H groups in total. The van der Waals surface area contributed by atoms with E-state index < -0.39 is 0 Å². The van der Waals surface area contributed by atoms with Crippen molar-refractivity contribution in [1.29, 1.82) is 0 Å². The fourth-order valence-corrected chi connectivity index (χ4v) is 4.00. The number of aromatic nitrogens is 2. The highest BCUT2D eigenvalue weighted by atomic mass is 35.5. The SMILES string of the molecule is Cc1ccc2oc(=O)n(C3CCN(C(=O)c4cc(C)nc(Cl)c4)CC3)c2c1. The Bertz CT molecular complexity index is 1060. The molecule has 0 unspecified atom stereocenters. The third kappa shape index (κ3) is 3.37. The fraction of sp³-hybridized carbons (Fsp3) is 0.350. The number of benzene rings is 1. The molecule has 3 aromatic rings. The number of carbonyl (C=O) groups is 1. The van der Waals surface area contributed by atoms with Crippen LogP contribution in [0.5, 0.6) is 0 Å². The first-order chi connectivity index (χ1) is 12.9. The molecule has 27 heavy (non-hydrogen) atoms. The Morgan fingerprint density at radius 1 is 1.19 bits per heavy atom. The first-order valence-corrected chi connectivity index (χ1v) is 9.35. The van der Waals surface area contributed by atoms with Crippen molar-refractivity contribution in [2.45, 2.75) is 32.7 Å². The highest BCUT2D eigenvalue weighted by Crippen LogP contribution is 2.27. The number of hydrogen-bond acceptors (Lipinski definition) is 4. The summed E-state index contributed by atoms with van der Waals surface area (Å²) >= 11 is 5.98. The van der Waals surface area contributed by atoms with E-state index in [0.717, 1.165) is 11.1 Å². The lowest BCUT2D eigenvalue weighted by Crippen LogP contribution is -2.40. The van der Waals surface area contributed by atoms with E-state index in [0.29, 0.717) is 47.9 Å². The van der Waals surface area contributed by atoms with Gasteiger partial charge in [-0.1, -0.05) is 17.7 Å². The van der Waals surface area contributed by atoms with Crippen molar-refractivity contribution in [1.82, 2.24) is 14.5 Å². The molecule has 0 aliphatic carbocycles. The molecule has 1 aliphatic rings. The number of aryl methyl sites for hydroxylation is 2. The van der Waals surface area contributed by atoms with Gasteiger partial charge < -0.3 is 9.32 Å². The molecule has 2 aromatic heterocycles. The zero-order valence-corrected chi connectivity index (χ0v) is 16.0. The van der Waals surface area contributed by atoms with Crippen molar-refractivity contribution < 1.29 is 9.21 Å². The predicted molar refractivity (Wildman–Crippen MR) is 103 cm³/mol. The molecular weight excluding hydrogens is 366 g/mol. The summed E-state index contributed by atoms with van der Waals surface area (Å²) in [5, 5.41) is 0.319. The number of halogens is 1. The van der Waals surface area contributed by atoms with Gasteiger partial charge in [-0.25, -0.2) is 9.78 Å². The summed E-state index contributed by atoms with van der Waals surface area (Å²) in [7, 11) is 0. The Balaban J connectivity index is 1.54. The van der Waals surface area contributed by atoms with Gasteiger partial charge in [0.25, 0.3) is 5.91 Å². The van der Waals surface area contributed by atoms with Gasteiger partial charge in [0.15, 0.2) is 5.58 Å². The molecule has 1 aromatic carbocycles. The molecule has 0 atom stereocenters. The van der Waals surface area contributed by atoms with E-state index in [9.17, 15) is 9.59 Å². The fourth-order valence-electron chi connectivity index (χ4n) is 3.75. The van der Waals surface area contributed by atoms with Crippen LogP contribution in [0.15, 0.2) is 39.5 Å². The van der Waals surface area contributed by atoms with Crippen LogP contribution >= 0.6 is 11.6 Å². The zero-order valence-electron chi connectivity index (χ0n) is 15.2. The van der Waals surface area contributed by atoms with Crippen LogP contribution in [0.1, 0.15) is 40.5 Å². The van der Waals surface area contributed by atoms with Gasteiger partial charge in [0.1, 0.15) is 5.15 Å². The first kappa shape index (κ1) is 17.8. The Labute approximate surface area is 161 Å². The lowest BCUT2D eigenvalue weighted by atomic mass is 10.0. The summed E-state index contributed by atoms with van der Waals surface area (Å²) in [6.45, 7) is 4.96. The second-order valence-electron chi connectivity index (χ2n) is 7.05. The lowest BCUT2D eigenvalue weighted by Gasteiger charge is -2.32. The molecule has 4 rings (SSSR count). The van der Waals surface area contributed by atoms with E-state index in [2.05, 4.69) is 4.98 Å². The minimum absolute atomic E-state index is 0.0207. The van der Waals surface area contributed by atoms with Crippen molar-refractivity contribution in [2.24, 2.45) is 0 Å². The second-order valence-corrected chi connectivity index (χ2v) is 7.44. The minimum atomic E-state index is -0.336. The van der Waals surface area contributed by atoms with Crippen LogP contribution in [-0.4, -0.2) is 33.4 Å². The van der Waals surface area contributed by atoms with E-state index in [1.807, 2.05) is 32.0 Å². The number of carbonyl (C=O) groups excluding carboxylic acids is 1. The van der Waals surface area contributed by atoms with Gasteiger partial charge in [-0.3, -0.25) is 9.36 Å². The smallest absolute Gasteiger partial charge is 0.408 e. The maximum atomic E-state index is 12.8.